The smallest absolute Gasteiger partial charge is 0.252 e. The number of amides is 2. The standard InChI is InChI=1S/C47H48N4O8/c1-48-30-13-7-5-11-28(30)46(44(48)56)42(27-18-20-35(53)39(24-27)59-4)41(33-16-10-22-51(33)46)36(54)25-37(55)43-40(26-17-19-34(52)38(23-26)58-3)32-15-9-21-50(32)47(43)29-12-6-8-14-31(29)49(2)45(47)57/h5-8,11-14,17-20,23-25,32-33,40-43,52-54H,9-10,15-16,21-22H2,1-4H3/b36-25-/t32-,33+,40-,41+,42+,43+,46-,47+/m1/s1. The minimum atomic E-state index is -1.36. The fourth-order valence-electron chi connectivity index (χ4n) is 12.6. The van der Waals surface area contributed by atoms with Gasteiger partial charge in [-0.1, -0.05) is 48.5 Å². The highest BCUT2D eigenvalue weighted by Gasteiger charge is 2.72. The summed E-state index contributed by atoms with van der Waals surface area (Å²) < 4.78 is 11.2. The summed E-state index contributed by atoms with van der Waals surface area (Å²) in [7, 11) is 6.49. The molecule has 6 heterocycles. The van der Waals surface area contributed by atoms with Crippen molar-refractivity contribution >= 4 is 29.0 Å². The highest BCUT2D eigenvalue weighted by molar-refractivity contribution is 6.12. The Morgan fingerprint density at radius 3 is 1.83 bits per heavy atom. The first-order valence-electron chi connectivity index (χ1n) is 20.5. The van der Waals surface area contributed by atoms with Gasteiger partial charge in [0.05, 0.1) is 20.1 Å². The van der Waals surface area contributed by atoms with Crippen molar-refractivity contribution in [1.82, 2.24) is 9.80 Å². The number of aliphatic hydroxyl groups excluding tert-OH is 1. The van der Waals surface area contributed by atoms with E-state index in [4.69, 9.17) is 9.47 Å². The number of para-hydroxylation sites is 2. The second-order valence-electron chi connectivity index (χ2n) is 16.9. The van der Waals surface area contributed by atoms with Gasteiger partial charge in [0.1, 0.15) is 16.8 Å². The van der Waals surface area contributed by atoms with E-state index in [1.54, 1.807) is 54.2 Å². The molecule has 304 valence electrons. The number of phenolic OH excluding ortho intramolecular Hbond substituents is 2. The van der Waals surface area contributed by atoms with Crippen LogP contribution in [0.15, 0.2) is 96.8 Å². The molecule has 0 radical (unpaired) electrons. The third-order valence-corrected chi connectivity index (χ3v) is 14.7. The number of carbonyl (C=O) groups is 3. The van der Waals surface area contributed by atoms with Gasteiger partial charge in [-0.3, -0.25) is 24.2 Å². The molecular formula is C47H48N4O8. The average Bonchev–Trinajstić information content (AvgIpc) is 4.09. The molecule has 2 amide bonds. The Morgan fingerprint density at radius 2 is 1.22 bits per heavy atom. The topological polar surface area (TPSA) is 143 Å². The van der Waals surface area contributed by atoms with Crippen LogP contribution in [0.1, 0.15) is 59.8 Å². The normalized spacial score (nSPS) is 31.0. The van der Waals surface area contributed by atoms with Crippen LogP contribution >= 0.6 is 0 Å². The number of anilines is 2. The highest BCUT2D eigenvalue weighted by atomic mass is 16.5. The summed E-state index contributed by atoms with van der Waals surface area (Å²) in [4.78, 5) is 53.6. The minimum Gasteiger partial charge on any atom is -0.512 e. The van der Waals surface area contributed by atoms with E-state index in [1.165, 1.54) is 20.3 Å². The Hall–Kier alpha value is -5.85. The van der Waals surface area contributed by atoms with Gasteiger partial charge in [0.15, 0.2) is 28.8 Å². The van der Waals surface area contributed by atoms with Gasteiger partial charge in [0.25, 0.3) is 11.8 Å². The lowest BCUT2D eigenvalue weighted by Gasteiger charge is -2.38. The summed E-state index contributed by atoms with van der Waals surface area (Å²) in [6, 6.07) is 25.1. The maximum Gasteiger partial charge on any atom is 0.252 e. The maximum absolute atomic E-state index is 15.7. The number of benzene rings is 4. The number of allylic oxidation sites excluding steroid dienone is 1. The molecule has 0 unspecified atom stereocenters. The maximum atomic E-state index is 15.7. The zero-order valence-electron chi connectivity index (χ0n) is 33.5. The second kappa shape index (κ2) is 13.3. The monoisotopic (exact) mass is 796 g/mol. The number of hydrogen-bond acceptors (Lipinski definition) is 10. The average molecular weight is 797 g/mol. The van der Waals surface area contributed by atoms with Gasteiger partial charge in [0, 0.05) is 72.5 Å². The number of ether oxygens (including phenoxy) is 2. The quantitative estimate of drug-likeness (QED) is 0.152. The van der Waals surface area contributed by atoms with Crippen LogP contribution in [-0.4, -0.2) is 96.2 Å². The molecule has 12 heteroatoms. The van der Waals surface area contributed by atoms with Crippen molar-refractivity contribution in [3.8, 4) is 23.0 Å². The van der Waals surface area contributed by atoms with Crippen molar-refractivity contribution in [3.05, 3.63) is 119 Å². The number of aliphatic hydroxyl groups is 1. The van der Waals surface area contributed by atoms with E-state index in [9.17, 15) is 15.3 Å². The molecule has 12 nitrogen and oxygen atoms in total. The van der Waals surface area contributed by atoms with E-state index in [-0.39, 0.29) is 52.7 Å². The van der Waals surface area contributed by atoms with Crippen LogP contribution in [0.3, 0.4) is 0 Å². The molecule has 4 aromatic carbocycles. The molecule has 10 rings (SSSR count). The van der Waals surface area contributed by atoms with Gasteiger partial charge in [-0.15, -0.1) is 0 Å². The van der Waals surface area contributed by atoms with Crippen LogP contribution in [0, 0.1) is 11.8 Å². The third kappa shape index (κ3) is 4.75. The van der Waals surface area contributed by atoms with E-state index in [0.29, 0.717) is 25.1 Å². The van der Waals surface area contributed by atoms with Crippen LogP contribution in [0.4, 0.5) is 11.4 Å². The molecule has 0 bridgehead atoms. The Balaban J connectivity index is 1.18. The first kappa shape index (κ1) is 37.4. The molecule has 6 aliphatic rings. The molecule has 6 aliphatic heterocycles. The number of ketones is 1. The number of carbonyl (C=O) groups excluding carboxylic acids is 3. The van der Waals surface area contributed by atoms with Crippen LogP contribution in [0.2, 0.25) is 0 Å². The number of nitrogens with zero attached hydrogens (tertiary/aromatic N) is 4. The number of phenols is 2. The van der Waals surface area contributed by atoms with E-state index in [0.717, 1.165) is 47.3 Å². The molecule has 3 N–H and O–H groups in total. The van der Waals surface area contributed by atoms with E-state index in [1.807, 2.05) is 54.6 Å². The lowest BCUT2D eigenvalue weighted by Crippen LogP contribution is -2.54. The number of hydrogen-bond donors (Lipinski definition) is 3. The zero-order valence-corrected chi connectivity index (χ0v) is 33.5. The summed E-state index contributed by atoms with van der Waals surface area (Å²) >= 11 is 0. The first-order valence-corrected chi connectivity index (χ1v) is 20.5. The van der Waals surface area contributed by atoms with Crippen LogP contribution < -0.4 is 19.3 Å². The van der Waals surface area contributed by atoms with E-state index >= 15 is 14.4 Å². The number of rotatable bonds is 7. The lowest BCUT2D eigenvalue weighted by atomic mass is 9.68. The molecule has 4 fully saturated rings. The van der Waals surface area contributed by atoms with E-state index < -0.39 is 40.5 Å². The molecule has 8 atom stereocenters. The van der Waals surface area contributed by atoms with Crippen molar-refractivity contribution < 1.29 is 39.2 Å². The summed E-state index contributed by atoms with van der Waals surface area (Å²) in [6.07, 6.45) is 4.41. The molecule has 0 saturated carbocycles. The van der Waals surface area contributed by atoms with Crippen LogP contribution in [0.25, 0.3) is 0 Å². The number of likely N-dealkylation sites (N-methyl/N-ethyl adjacent to an activating group) is 2. The lowest BCUT2D eigenvalue weighted by molar-refractivity contribution is -0.136. The summed E-state index contributed by atoms with van der Waals surface area (Å²) in [5, 5.41) is 34.2. The largest absolute Gasteiger partial charge is 0.512 e. The molecule has 4 saturated heterocycles. The second-order valence-corrected chi connectivity index (χ2v) is 16.9. The van der Waals surface area contributed by atoms with Crippen molar-refractivity contribution in [2.45, 2.75) is 60.7 Å². The Bertz CT molecular complexity index is 2470. The number of aromatic hydroxyl groups is 2. The van der Waals surface area contributed by atoms with Crippen molar-refractivity contribution in [2.24, 2.45) is 11.8 Å². The predicted octanol–water partition coefficient (Wildman–Crippen LogP) is 5.93. The van der Waals surface area contributed by atoms with Gasteiger partial charge in [-0.05, 0) is 86.3 Å². The summed E-state index contributed by atoms with van der Waals surface area (Å²) in [5.74, 6) is -3.34. The fraction of sp³-hybridized carbons (Fsp3) is 0.383. The van der Waals surface area contributed by atoms with Crippen LogP contribution in [-0.2, 0) is 25.5 Å². The molecule has 4 aromatic rings. The van der Waals surface area contributed by atoms with E-state index in [2.05, 4.69) is 9.80 Å². The molecular weight excluding hydrogens is 749 g/mol. The zero-order chi connectivity index (χ0) is 41.1. The van der Waals surface area contributed by atoms with Crippen molar-refractivity contribution in [3.63, 3.8) is 0 Å². The molecule has 2 spiro atoms. The van der Waals surface area contributed by atoms with Gasteiger partial charge in [0.2, 0.25) is 0 Å². The summed E-state index contributed by atoms with van der Waals surface area (Å²) in [5.41, 5.74) is 1.94. The van der Waals surface area contributed by atoms with Gasteiger partial charge in [-0.25, -0.2) is 0 Å². The predicted molar refractivity (Wildman–Crippen MR) is 220 cm³/mol. The molecule has 0 aromatic heterocycles. The van der Waals surface area contributed by atoms with Crippen LogP contribution in [0.5, 0.6) is 23.0 Å². The van der Waals surface area contributed by atoms with Crippen molar-refractivity contribution in [2.75, 3.05) is 51.2 Å². The minimum absolute atomic E-state index is 0.0310. The van der Waals surface area contributed by atoms with Gasteiger partial charge < -0.3 is 34.6 Å². The Labute approximate surface area is 342 Å². The van der Waals surface area contributed by atoms with Gasteiger partial charge in [-0.2, -0.15) is 0 Å². The fourth-order valence-corrected chi connectivity index (χ4v) is 12.6. The van der Waals surface area contributed by atoms with Crippen molar-refractivity contribution in [1.29, 1.82) is 0 Å². The Morgan fingerprint density at radius 1 is 0.712 bits per heavy atom. The molecule has 59 heavy (non-hydrogen) atoms. The van der Waals surface area contributed by atoms with Gasteiger partial charge >= 0.3 is 0 Å². The molecule has 0 aliphatic carbocycles. The number of fused-ring (bicyclic) bond motifs is 8. The number of methoxy groups -OCH3 is 2. The highest BCUT2D eigenvalue weighted by Crippen LogP contribution is 2.65. The summed E-state index contributed by atoms with van der Waals surface area (Å²) in [6.45, 7) is 1.21. The SMILES string of the molecule is COc1cc([C@@H]2[C@H]3CCCN3[C@]3(C(=O)N(C)c4ccccc43)[C@H]2C(=O)/C=C(\O)[C@@H]2[C@@H]3CCCN3[C@@]3(C(=O)N(C)c4ccccc43)[C@H]2c2ccc(O)c(OC)c2)ccc1O. The first-order chi connectivity index (χ1) is 28.5. The third-order valence-electron chi connectivity index (χ3n) is 14.7. The Kier molecular flexibility index (Phi) is 8.46.